The molecule has 0 aromatic rings. The fourth-order valence-corrected chi connectivity index (χ4v) is 1.97. The number of carboxylic acid groups (broad SMARTS) is 1. The maximum absolute atomic E-state index is 11.5. The van der Waals surface area contributed by atoms with Crippen LogP contribution in [0, 0.1) is 11.8 Å². The Hall–Kier alpha value is -1.30. The van der Waals surface area contributed by atoms with E-state index in [0.717, 1.165) is 12.8 Å². The lowest BCUT2D eigenvalue weighted by atomic mass is 9.94. The molecule has 0 saturated carbocycles. The lowest BCUT2D eigenvalue weighted by molar-refractivity contribution is -0.138. The molecule has 6 nitrogen and oxygen atoms in total. The van der Waals surface area contributed by atoms with Gasteiger partial charge in [-0.25, -0.2) is 4.79 Å². The van der Waals surface area contributed by atoms with Gasteiger partial charge >= 0.3 is 12.0 Å². The third-order valence-electron chi connectivity index (χ3n) is 2.77. The topological polar surface area (TPSA) is 87.7 Å². The van der Waals surface area contributed by atoms with Gasteiger partial charge in [-0.05, 0) is 31.6 Å². The van der Waals surface area contributed by atoms with Gasteiger partial charge in [-0.15, -0.1) is 0 Å². The molecular weight excluding hydrogens is 260 g/mol. The normalized spacial score (nSPS) is 12.2. The number of hydrogen-bond donors (Lipinski definition) is 3. The highest BCUT2D eigenvalue weighted by molar-refractivity contribution is 5.74. The molecule has 20 heavy (non-hydrogen) atoms. The third kappa shape index (κ3) is 11.8. The van der Waals surface area contributed by atoms with Gasteiger partial charge in [0, 0.05) is 32.7 Å². The van der Waals surface area contributed by atoms with Crippen LogP contribution in [0.4, 0.5) is 4.79 Å². The van der Waals surface area contributed by atoms with E-state index in [1.54, 1.807) is 0 Å². The van der Waals surface area contributed by atoms with Crippen LogP contribution in [-0.4, -0.2) is 43.4 Å². The van der Waals surface area contributed by atoms with Crippen molar-refractivity contribution < 1.29 is 19.4 Å². The number of nitrogens with one attached hydrogen (secondary N) is 2. The highest BCUT2D eigenvalue weighted by atomic mass is 16.5. The molecule has 0 radical (unpaired) electrons. The molecule has 118 valence electrons. The monoisotopic (exact) mass is 288 g/mol. The highest BCUT2D eigenvalue weighted by Gasteiger charge is 2.15. The van der Waals surface area contributed by atoms with Crippen molar-refractivity contribution in [3.63, 3.8) is 0 Å². The second-order valence-corrected chi connectivity index (χ2v) is 5.28. The molecule has 0 aliphatic rings. The number of urea groups is 1. The predicted molar refractivity (Wildman–Crippen MR) is 77.7 cm³/mol. The summed E-state index contributed by atoms with van der Waals surface area (Å²) >= 11 is 0. The molecule has 0 spiro atoms. The van der Waals surface area contributed by atoms with E-state index in [4.69, 9.17) is 9.84 Å². The van der Waals surface area contributed by atoms with Crippen molar-refractivity contribution in [2.75, 3.05) is 26.3 Å². The minimum absolute atomic E-state index is 0.0262. The van der Waals surface area contributed by atoms with Gasteiger partial charge < -0.3 is 20.5 Å². The smallest absolute Gasteiger partial charge is 0.314 e. The van der Waals surface area contributed by atoms with E-state index in [9.17, 15) is 9.59 Å². The van der Waals surface area contributed by atoms with Crippen LogP contribution in [0.2, 0.25) is 0 Å². The highest BCUT2D eigenvalue weighted by Crippen LogP contribution is 2.14. The van der Waals surface area contributed by atoms with Gasteiger partial charge in [0.05, 0.1) is 0 Å². The van der Waals surface area contributed by atoms with Crippen LogP contribution < -0.4 is 10.6 Å². The Morgan fingerprint density at radius 1 is 1.25 bits per heavy atom. The average Bonchev–Trinajstić information content (AvgIpc) is 2.34. The zero-order valence-electron chi connectivity index (χ0n) is 12.8. The van der Waals surface area contributed by atoms with Crippen molar-refractivity contribution >= 4 is 12.0 Å². The van der Waals surface area contributed by atoms with Crippen molar-refractivity contribution in [2.45, 2.75) is 40.0 Å². The summed E-state index contributed by atoms with van der Waals surface area (Å²) in [6.45, 7) is 8.27. The van der Waals surface area contributed by atoms with Gasteiger partial charge in [0.1, 0.15) is 0 Å². The largest absolute Gasteiger partial charge is 0.481 e. The Balaban J connectivity index is 3.83. The molecule has 1 atom stereocenters. The summed E-state index contributed by atoms with van der Waals surface area (Å²) in [4.78, 5) is 22.3. The Morgan fingerprint density at radius 3 is 2.50 bits per heavy atom. The molecule has 0 aromatic carbocycles. The quantitative estimate of drug-likeness (QED) is 0.506. The summed E-state index contributed by atoms with van der Waals surface area (Å²) in [7, 11) is 0. The first-order valence-corrected chi connectivity index (χ1v) is 7.26. The SMILES string of the molecule is CCOCCCNC(=O)NC[C@H](CC(=O)O)CC(C)C. The molecule has 6 heteroatoms. The van der Waals surface area contributed by atoms with Gasteiger partial charge in [0.15, 0.2) is 0 Å². The minimum atomic E-state index is -0.824. The second-order valence-electron chi connectivity index (χ2n) is 5.28. The van der Waals surface area contributed by atoms with E-state index in [0.29, 0.717) is 32.2 Å². The van der Waals surface area contributed by atoms with Crippen LogP contribution in [0.25, 0.3) is 0 Å². The summed E-state index contributed by atoms with van der Waals surface area (Å²) in [6, 6.07) is -0.249. The van der Waals surface area contributed by atoms with Crippen molar-refractivity contribution in [1.82, 2.24) is 10.6 Å². The molecule has 0 aliphatic heterocycles. The first-order chi connectivity index (χ1) is 9.45. The zero-order valence-corrected chi connectivity index (χ0v) is 12.8. The number of ether oxygens (including phenoxy) is 1. The van der Waals surface area contributed by atoms with E-state index in [1.165, 1.54) is 0 Å². The van der Waals surface area contributed by atoms with Crippen molar-refractivity contribution in [3.8, 4) is 0 Å². The van der Waals surface area contributed by atoms with Crippen molar-refractivity contribution in [3.05, 3.63) is 0 Å². The third-order valence-corrected chi connectivity index (χ3v) is 2.77. The lowest BCUT2D eigenvalue weighted by Crippen LogP contribution is -2.39. The molecule has 0 heterocycles. The van der Waals surface area contributed by atoms with Gasteiger partial charge in [-0.3, -0.25) is 4.79 Å². The lowest BCUT2D eigenvalue weighted by Gasteiger charge is -2.18. The van der Waals surface area contributed by atoms with E-state index in [1.807, 2.05) is 20.8 Å². The summed E-state index contributed by atoms with van der Waals surface area (Å²) in [5.74, 6) is -0.438. The Bertz CT molecular complexity index is 282. The van der Waals surface area contributed by atoms with Crippen molar-refractivity contribution in [2.24, 2.45) is 11.8 Å². The number of carbonyl (C=O) groups excluding carboxylic acids is 1. The standard InChI is InChI=1S/C14H28N2O4/c1-4-20-7-5-6-15-14(19)16-10-12(8-11(2)3)9-13(17)18/h11-12H,4-10H2,1-3H3,(H,17,18)(H2,15,16,19)/t12-/m0/s1. The van der Waals surface area contributed by atoms with Gasteiger partial charge in [0.2, 0.25) is 0 Å². The summed E-state index contributed by atoms with van der Waals surface area (Å²) in [5.41, 5.74) is 0. The number of carbonyl (C=O) groups is 2. The van der Waals surface area contributed by atoms with E-state index >= 15 is 0 Å². The van der Waals surface area contributed by atoms with Crippen LogP contribution in [-0.2, 0) is 9.53 Å². The number of aliphatic carboxylic acids is 1. The number of amides is 2. The molecule has 0 aromatic heterocycles. The van der Waals surface area contributed by atoms with Crippen LogP contribution in [0.1, 0.15) is 40.0 Å². The summed E-state index contributed by atoms with van der Waals surface area (Å²) < 4.78 is 5.16. The van der Waals surface area contributed by atoms with Crippen molar-refractivity contribution in [1.29, 1.82) is 0 Å². The Labute approximate surface area is 121 Å². The summed E-state index contributed by atoms with van der Waals surface area (Å²) in [6.07, 6.45) is 1.64. The Morgan fingerprint density at radius 2 is 1.95 bits per heavy atom. The van der Waals surface area contributed by atoms with E-state index < -0.39 is 5.97 Å². The van der Waals surface area contributed by atoms with Gasteiger partial charge in [0.25, 0.3) is 0 Å². The van der Waals surface area contributed by atoms with Crippen LogP contribution in [0.3, 0.4) is 0 Å². The fraction of sp³-hybridized carbons (Fsp3) is 0.857. The van der Waals surface area contributed by atoms with Gasteiger partial charge in [-0.1, -0.05) is 13.8 Å². The van der Waals surface area contributed by atoms with Gasteiger partial charge in [-0.2, -0.15) is 0 Å². The molecule has 0 fully saturated rings. The molecular formula is C14H28N2O4. The number of carboxylic acids is 1. The van der Waals surface area contributed by atoms with E-state index in [-0.39, 0.29) is 18.4 Å². The maximum atomic E-state index is 11.5. The van der Waals surface area contributed by atoms with E-state index in [2.05, 4.69) is 10.6 Å². The molecule has 0 bridgehead atoms. The van der Waals surface area contributed by atoms with Crippen LogP contribution >= 0.6 is 0 Å². The second kappa shape index (κ2) is 11.5. The summed E-state index contributed by atoms with van der Waals surface area (Å²) in [5, 5.41) is 14.3. The molecule has 0 unspecified atom stereocenters. The predicted octanol–water partition coefficient (Wildman–Crippen LogP) is 1.85. The first-order valence-electron chi connectivity index (χ1n) is 7.26. The Kier molecular flexibility index (Phi) is 10.8. The zero-order chi connectivity index (χ0) is 15.4. The minimum Gasteiger partial charge on any atom is -0.481 e. The van der Waals surface area contributed by atoms with Crippen LogP contribution in [0.15, 0.2) is 0 Å². The molecule has 2 amide bonds. The maximum Gasteiger partial charge on any atom is 0.314 e. The van der Waals surface area contributed by atoms with Crippen LogP contribution in [0.5, 0.6) is 0 Å². The fourth-order valence-electron chi connectivity index (χ4n) is 1.97. The number of rotatable bonds is 11. The molecule has 0 rings (SSSR count). The first kappa shape index (κ1) is 18.7. The molecule has 0 saturated heterocycles. The molecule has 3 N–H and O–H groups in total. The number of hydrogen-bond acceptors (Lipinski definition) is 3. The molecule has 0 aliphatic carbocycles. The average molecular weight is 288 g/mol.